The molecule has 5 nitrogen and oxygen atoms in total. The zero-order valence-electron chi connectivity index (χ0n) is 7.25. The molecule has 0 spiro atoms. The summed E-state index contributed by atoms with van der Waals surface area (Å²) in [4.78, 5) is 16.6. The molecule has 2 aromatic heterocycles. The summed E-state index contributed by atoms with van der Waals surface area (Å²) in [5.74, 6) is 0. The molecule has 0 bridgehead atoms. The minimum absolute atomic E-state index is 0.140. The largest absolute Gasteiger partial charge is 0.386 e. The molecule has 2 aromatic rings. The van der Waals surface area contributed by atoms with E-state index in [2.05, 4.69) is 4.98 Å². The number of aromatic nitrogens is 2. The van der Waals surface area contributed by atoms with Gasteiger partial charge in [-0.1, -0.05) is 11.3 Å². The van der Waals surface area contributed by atoms with Gasteiger partial charge >= 0.3 is 0 Å². The highest BCUT2D eigenvalue weighted by molar-refractivity contribution is 7.17. The topological polar surface area (TPSA) is 80.6 Å². The first-order valence-electron chi connectivity index (χ1n) is 4.07. The standard InChI is InChI=1S/C8H9N3O2S/c9-3-5(12)6-4-11-7(13)1-2-10-8(11)14-6/h1-2,4-5,12H,3,9H2. The third-order valence-electron chi connectivity index (χ3n) is 1.86. The first kappa shape index (κ1) is 9.32. The van der Waals surface area contributed by atoms with Crippen LogP contribution in [0.4, 0.5) is 0 Å². The van der Waals surface area contributed by atoms with E-state index in [0.717, 1.165) is 0 Å². The molecule has 0 saturated carbocycles. The number of rotatable bonds is 2. The highest BCUT2D eigenvalue weighted by Crippen LogP contribution is 2.20. The maximum atomic E-state index is 11.3. The minimum Gasteiger partial charge on any atom is -0.386 e. The van der Waals surface area contributed by atoms with Gasteiger partial charge in [0.25, 0.3) is 5.56 Å². The predicted molar refractivity (Wildman–Crippen MR) is 53.4 cm³/mol. The lowest BCUT2D eigenvalue weighted by Gasteiger charge is -2.00. The van der Waals surface area contributed by atoms with Gasteiger partial charge in [-0.2, -0.15) is 0 Å². The lowest BCUT2D eigenvalue weighted by molar-refractivity contribution is 0.190. The van der Waals surface area contributed by atoms with Gasteiger partial charge in [-0.05, 0) is 0 Å². The Bertz CT molecular complexity index is 505. The second kappa shape index (κ2) is 3.49. The van der Waals surface area contributed by atoms with Crippen LogP contribution in [-0.4, -0.2) is 21.0 Å². The van der Waals surface area contributed by atoms with Crippen LogP contribution in [-0.2, 0) is 0 Å². The molecule has 1 atom stereocenters. The number of aliphatic hydroxyl groups excluding tert-OH is 1. The van der Waals surface area contributed by atoms with Crippen molar-refractivity contribution < 1.29 is 5.11 Å². The Labute approximate surface area is 83.4 Å². The van der Waals surface area contributed by atoms with E-state index >= 15 is 0 Å². The molecule has 0 fully saturated rings. The van der Waals surface area contributed by atoms with Gasteiger partial charge in [0.2, 0.25) is 0 Å². The molecule has 1 unspecified atom stereocenters. The Kier molecular flexibility index (Phi) is 2.32. The van der Waals surface area contributed by atoms with Crippen molar-refractivity contribution in [1.82, 2.24) is 9.38 Å². The molecule has 2 rings (SSSR count). The number of aliphatic hydroxyl groups is 1. The van der Waals surface area contributed by atoms with Crippen molar-refractivity contribution in [3.05, 3.63) is 33.7 Å². The number of nitrogens with zero attached hydrogens (tertiary/aromatic N) is 2. The second-order valence-corrected chi connectivity index (χ2v) is 3.86. The monoisotopic (exact) mass is 211 g/mol. The number of hydrogen-bond donors (Lipinski definition) is 2. The fourth-order valence-electron chi connectivity index (χ4n) is 1.13. The van der Waals surface area contributed by atoms with Crippen molar-refractivity contribution in [2.24, 2.45) is 5.73 Å². The van der Waals surface area contributed by atoms with Gasteiger partial charge in [-0.25, -0.2) is 4.98 Å². The van der Waals surface area contributed by atoms with Gasteiger partial charge in [-0.3, -0.25) is 9.20 Å². The van der Waals surface area contributed by atoms with Crippen molar-refractivity contribution in [1.29, 1.82) is 0 Å². The van der Waals surface area contributed by atoms with E-state index in [4.69, 9.17) is 5.73 Å². The summed E-state index contributed by atoms with van der Waals surface area (Å²) in [6.45, 7) is 0.140. The number of hydrogen-bond acceptors (Lipinski definition) is 5. The lowest BCUT2D eigenvalue weighted by atomic mass is 10.3. The van der Waals surface area contributed by atoms with Crippen molar-refractivity contribution in [3.8, 4) is 0 Å². The predicted octanol–water partition coefficient (Wildman–Crippen LogP) is -0.252. The smallest absolute Gasteiger partial charge is 0.258 e. The summed E-state index contributed by atoms with van der Waals surface area (Å²) >= 11 is 1.27. The van der Waals surface area contributed by atoms with Crippen molar-refractivity contribution in [2.75, 3.05) is 6.54 Å². The summed E-state index contributed by atoms with van der Waals surface area (Å²) in [6.07, 6.45) is 2.31. The van der Waals surface area contributed by atoms with E-state index < -0.39 is 6.10 Å². The van der Waals surface area contributed by atoms with Crippen LogP contribution >= 0.6 is 11.3 Å². The van der Waals surface area contributed by atoms with Gasteiger partial charge < -0.3 is 10.8 Å². The average Bonchev–Trinajstić information content (AvgIpc) is 2.62. The fourth-order valence-corrected chi connectivity index (χ4v) is 2.08. The van der Waals surface area contributed by atoms with Crippen LogP contribution < -0.4 is 11.3 Å². The van der Waals surface area contributed by atoms with Gasteiger partial charge in [-0.15, -0.1) is 0 Å². The van der Waals surface area contributed by atoms with Gasteiger partial charge in [0, 0.05) is 25.0 Å². The number of thiazole rings is 1. The molecule has 0 radical (unpaired) electrons. The van der Waals surface area contributed by atoms with Gasteiger partial charge in [0.05, 0.1) is 4.88 Å². The van der Waals surface area contributed by atoms with E-state index in [-0.39, 0.29) is 12.1 Å². The quantitative estimate of drug-likeness (QED) is 0.717. The van der Waals surface area contributed by atoms with E-state index in [1.54, 1.807) is 6.20 Å². The highest BCUT2D eigenvalue weighted by Gasteiger charge is 2.10. The second-order valence-electron chi connectivity index (χ2n) is 2.82. The van der Waals surface area contributed by atoms with Crippen molar-refractivity contribution >= 4 is 16.3 Å². The molecule has 74 valence electrons. The van der Waals surface area contributed by atoms with Crippen molar-refractivity contribution in [2.45, 2.75) is 6.10 Å². The molecule has 0 aromatic carbocycles. The maximum Gasteiger partial charge on any atom is 0.258 e. The Morgan fingerprint density at radius 3 is 3.14 bits per heavy atom. The minimum atomic E-state index is -0.721. The molecule has 2 heterocycles. The van der Waals surface area contributed by atoms with Crippen LogP contribution in [0.25, 0.3) is 4.96 Å². The Balaban J connectivity index is 2.62. The lowest BCUT2D eigenvalue weighted by Crippen LogP contribution is -2.11. The summed E-state index contributed by atoms with van der Waals surface area (Å²) < 4.78 is 1.40. The zero-order valence-corrected chi connectivity index (χ0v) is 8.07. The maximum absolute atomic E-state index is 11.3. The molecule has 3 N–H and O–H groups in total. The van der Waals surface area contributed by atoms with Crippen LogP contribution in [0.15, 0.2) is 23.3 Å². The summed E-state index contributed by atoms with van der Waals surface area (Å²) in [6, 6.07) is 1.37. The van der Waals surface area contributed by atoms with E-state index in [1.807, 2.05) is 0 Å². The van der Waals surface area contributed by atoms with E-state index in [1.165, 1.54) is 28.0 Å². The molecule has 0 amide bonds. The number of nitrogens with two attached hydrogens (primary N) is 1. The van der Waals surface area contributed by atoms with Crippen LogP contribution in [0.2, 0.25) is 0 Å². The fraction of sp³-hybridized carbons (Fsp3) is 0.250. The molecule has 0 aliphatic heterocycles. The van der Waals surface area contributed by atoms with Crippen LogP contribution in [0.1, 0.15) is 11.0 Å². The molecular weight excluding hydrogens is 202 g/mol. The third-order valence-corrected chi connectivity index (χ3v) is 2.96. The SMILES string of the molecule is NCC(O)c1cn2c(=O)ccnc2s1. The first-order chi connectivity index (χ1) is 6.72. The first-order valence-corrected chi connectivity index (χ1v) is 4.89. The number of fused-ring (bicyclic) bond motifs is 1. The Morgan fingerprint density at radius 2 is 2.50 bits per heavy atom. The molecule has 0 saturated heterocycles. The van der Waals surface area contributed by atoms with Gasteiger partial charge in [0.15, 0.2) is 4.96 Å². The molecule has 14 heavy (non-hydrogen) atoms. The highest BCUT2D eigenvalue weighted by atomic mass is 32.1. The van der Waals surface area contributed by atoms with Gasteiger partial charge in [0.1, 0.15) is 6.10 Å². The average molecular weight is 211 g/mol. The Hall–Kier alpha value is -1.24. The van der Waals surface area contributed by atoms with E-state index in [0.29, 0.717) is 9.84 Å². The Morgan fingerprint density at radius 1 is 1.71 bits per heavy atom. The van der Waals surface area contributed by atoms with Crippen LogP contribution in [0.5, 0.6) is 0 Å². The summed E-state index contributed by atoms with van der Waals surface area (Å²) in [5, 5.41) is 9.46. The molecule has 0 aliphatic rings. The van der Waals surface area contributed by atoms with E-state index in [9.17, 15) is 9.90 Å². The molecular formula is C8H9N3O2S. The zero-order chi connectivity index (χ0) is 10.1. The summed E-state index contributed by atoms with van der Waals surface area (Å²) in [7, 11) is 0. The van der Waals surface area contributed by atoms with Crippen molar-refractivity contribution in [3.63, 3.8) is 0 Å². The third kappa shape index (κ3) is 1.43. The molecule has 0 aliphatic carbocycles. The molecule has 6 heteroatoms. The van der Waals surface area contributed by atoms with Crippen LogP contribution in [0.3, 0.4) is 0 Å². The van der Waals surface area contributed by atoms with Crippen LogP contribution in [0, 0.1) is 0 Å². The summed E-state index contributed by atoms with van der Waals surface area (Å²) in [5.41, 5.74) is 5.16. The normalized spacial score (nSPS) is 13.3.